The van der Waals surface area contributed by atoms with E-state index in [1.54, 1.807) is 18.4 Å². The van der Waals surface area contributed by atoms with Crippen LogP contribution in [0.4, 0.5) is 0 Å². The van der Waals surface area contributed by atoms with Gasteiger partial charge in [-0.25, -0.2) is 14.4 Å². The number of H-pyrrole nitrogens is 3. The summed E-state index contributed by atoms with van der Waals surface area (Å²) in [6.07, 6.45) is -7.41. The molecule has 5 saturated heterocycles. The van der Waals surface area contributed by atoms with E-state index in [0.717, 1.165) is 27.5 Å². The number of hydrogen-bond donors (Lipinski definition) is 11. The Morgan fingerprint density at radius 1 is 0.472 bits per heavy atom. The Morgan fingerprint density at radius 2 is 0.774 bits per heavy atom. The zero-order valence-corrected chi connectivity index (χ0v) is 56.4. The molecule has 0 saturated carbocycles. The SMILES string of the molecule is CC[C@@]1(CN=[N+]=[N-])OC2[C@@H](Oc3nc(=O)ccn32)[C@@H]1O.CC[C@@]1(CN=[N+]=[N-])O[C@@H](n2ccc(=O)[nH]c2=O)[C@@H](O)[C@@H]1O.CC[C@@]1(CN=[N+]=[N-])O[C@@H](n2ccc(=O)[nH]c2=O)[C@@H](OC(C)=O)[C@@H]1C.[N-]=[N+]=NC[C@]1(CO)O[C@@H](n2ccc(=O)[nH]c2=O)[C@H](O)[C@@H]1O.[N-]=[N+]=NC[C@]1(CO)O[C@@H]2[C@@H](Oc3nc(=O)ccn32)[C@@H]1O. The second-order valence-electron chi connectivity index (χ2n) is 24.4. The molecule has 1 unspecified atom stereocenters. The normalized spacial score (nSPS) is 32.0. The second kappa shape index (κ2) is 33.8. The lowest BCUT2D eigenvalue weighted by Crippen LogP contribution is -2.49. The van der Waals surface area contributed by atoms with E-state index in [4.69, 9.17) is 65.6 Å². The van der Waals surface area contributed by atoms with Gasteiger partial charge in [0.2, 0.25) is 0 Å². The van der Waals surface area contributed by atoms with E-state index >= 15 is 0 Å². The van der Waals surface area contributed by atoms with E-state index in [1.807, 2.05) is 23.8 Å². The molecule has 0 amide bonds. The number of esters is 1. The fourth-order valence-corrected chi connectivity index (χ4v) is 12.6. The summed E-state index contributed by atoms with van der Waals surface area (Å²) in [5, 5.41) is 96.9. The van der Waals surface area contributed by atoms with Crippen molar-refractivity contribution >= 4 is 5.97 Å². The van der Waals surface area contributed by atoms with Gasteiger partial charge in [-0.15, -0.1) is 0 Å². The van der Waals surface area contributed by atoms with E-state index in [0.29, 0.717) is 12.8 Å². The molecule has 570 valence electrons. The van der Waals surface area contributed by atoms with Crippen LogP contribution in [0.3, 0.4) is 0 Å². The number of hydrogen-bond acceptors (Lipinski definition) is 32. The molecule has 7 aliphatic heterocycles. The summed E-state index contributed by atoms with van der Waals surface area (Å²) in [6, 6.07) is 6.02. The third-order valence-corrected chi connectivity index (χ3v) is 18.6. The first kappa shape index (κ1) is 80.6. The zero-order chi connectivity index (χ0) is 77.8. The van der Waals surface area contributed by atoms with Crippen molar-refractivity contribution in [3.05, 3.63) is 197 Å². The number of nitrogens with zero attached hydrogens (tertiary/aromatic N) is 22. The molecule has 5 aromatic rings. The van der Waals surface area contributed by atoms with Gasteiger partial charge in [0.05, 0.1) is 51.5 Å². The van der Waals surface area contributed by atoms with Crippen molar-refractivity contribution < 1.29 is 83.5 Å². The number of aliphatic hydroxyl groups excluding tert-OH is 8. The molecule has 106 heavy (non-hydrogen) atoms. The maximum Gasteiger partial charge on any atom is 0.330 e. The lowest BCUT2D eigenvalue weighted by molar-refractivity contribution is -0.154. The van der Waals surface area contributed by atoms with Gasteiger partial charge < -0.3 is 78.7 Å². The molecule has 5 aromatic heterocycles. The summed E-state index contributed by atoms with van der Waals surface area (Å²) in [6.45, 7) is 6.37. The summed E-state index contributed by atoms with van der Waals surface area (Å²) in [5.74, 6) is -0.852. The van der Waals surface area contributed by atoms with E-state index in [-0.39, 0.29) is 50.5 Å². The topological polar surface area (TPSA) is 731 Å². The number of aliphatic hydroxyl groups is 8. The zero-order valence-electron chi connectivity index (χ0n) is 56.4. The van der Waals surface area contributed by atoms with Gasteiger partial charge in [0.25, 0.3) is 27.8 Å². The van der Waals surface area contributed by atoms with E-state index in [2.05, 4.69) is 65.1 Å². The molecule has 0 aromatic carbocycles. The lowest BCUT2D eigenvalue weighted by atomic mass is 9.85. The van der Waals surface area contributed by atoms with Crippen LogP contribution in [0.5, 0.6) is 12.0 Å². The van der Waals surface area contributed by atoms with Crippen LogP contribution in [0.1, 0.15) is 85.0 Å². The quantitative estimate of drug-likeness (QED) is 0.0176. The number of aromatic nitrogens is 10. The van der Waals surface area contributed by atoms with E-state index < -0.39 is 185 Å². The Labute approximate surface area is 589 Å². The summed E-state index contributed by atoms with van der Waals surface area (Å²) >= 11 is 0. The summed E-state index contributed by atoms with van der Waals surface area (Å²) in [5.41, 5.74) is 30.9. The van der Waals surface area contributed by atoms with Crippen molar-refractivity contribution in [2.75, 3.05) is 45.9 Å². The highest BCUT2D eigenvalue weighted by molar-refractivity contribution is 5.66. The van der Waals surface area contributed by atoms with E-state index in [1.165, 1.54) is 59.0 Å². The average molecular weight is 1490 g/mol. The summed E-state index contributed by atoms with van der Waals surface area (Å²) < 4.78 is 50.8. The standard InChI is InChI=1S/C14H19N5O5.C11H15N5O5.C11H13N5O4.C10H13N5O6.C10H11N5O5/c1-4-14(7-16-18-15)8(2)11(23-9(3)20)12(24-14)19-6-5-10(21)17-13(19)22;1-2-11(5-13-15-12)8(19)7(18)9(21-11)16-4-3-6(17)14-10(16)20;1-2-11(5-13-15-12)8(18)7-9(20-11)16-4-3-6(17)14-10(16)19-7;11-14-12-3-10(4-16)7(19)6(18)8(21-10)15-2-1-5(17)13-9(15)20;11-14-12-3-10(4-16)7(18)6-8(20-10)15-2-1-5(17)13-9(15)19-6/h5-6,8,11-12H,4,7H2,1-3H3,(H,17,21,22);3-4,7-9,18-19H,2,5H2,1H3,(H,14,17,20);3-4,7-9,18H,2,5H2,1H3;1-2,6-8,16,18-19H,3-4H2,(H,13,17,20);1-2,6-8,16,18H,3-4H2/t8-,11-,12+,14-;7-,8-,9+,11-;7-,8-,9?,11-;6-,7+,8-,10-;6-,7-,8+,10+/m00010/s1. The van der Waals surface area contributed by atoms with Gasteiger partial charge in [-0.3, -0.25) is 66.6 Å². The molecule has 50 heteroatoms. The predicted octanol–water partition coefficient (Wildman–Crippen LogP) is -2.54. The number of rotatable bonds is 19. The molecule has 0 bridgehead atoms. The Morgan fingerprint density at radius 3 is 1.14 bits per heavy atom. The van der Waals surface area contributed by atoms with Crippen molar-refractivity contribution in [3.63, 3.8) is 0 Å². The van der Waals surface area contributed by atoms with Gasteiger partial charge >= 0.3 is 35.1 Å². The third-order valence-electron chi connectivity index (χ3n) is 18.6. The average Bonchev–Trinajstić information content (AvgIpc) is 1.59. The molecule has 12 heterocycles. The van der Waals surface area contributed by atoms with Gasteiger partial charge in [-0.1, -0.05) is 53.3 Å². The van der Waals surface area contributed by atoms with Crippen LogP contribution in [-0.2, 0) is 33.2 Å². The molecular weight excluding hydrogens is 1420 g/mol. The van der Waals surface area contributed by atoms with Gasteiger partial charge in [0.15, 0.2) is 49.5 Å². The van der Waals surface area contributed by atoms with Crippen molar-refractivity contribution in [3.8, 4) is 12.0 Å². The highest BCUT2D eigenvalue weighted by Crippen LogP contribution is 2.48. The molecular formula is C56H71N25O25. The molecule has 12 rings (SSSR count). The van der Waals surface area contributed by atoms with Crippen LogP contribution in [0, 0.1) is 5.92 Å². The monoisotopic (exact) mass is 1490 g/mol. The van der Waals surface area contributed by atoms with Crippen LogP contribution in [-0.4, -0.2) is 223 Å². The molecule has 0 radical (unpaired) electrons. The minimum absolute atomic E-state index is 0.0144. The number of carbonyl (C=O) groups excluding carboxylic acids is 1. The smallest absolute Gasteiger partial charge is 0.330 e. The number of carbonyl (C=O) groups is 1. The molecule has 0 spiro atoms. The van der Waals surface area contributed by atoms with Gasteiger partial charge in [-0.05, 0) is 46.9 Å². The largest absolute Gasteiger partial charge is 0.457 e. The van der Waals surface area contributed by atoms with Crippen LogP contribution in [0.2, 0.25) is 0 Å². The summed E-state index contributed by atoms with van der Waals surface area (Å²) in [7, 11) is 0. The molecule has 20 atom stereocenters. The van der Waals surface area contributed by atoms with Crippen molar-refractivity contribution in [2.24, 2.45) is 31.5 Å². The fourth-order valence-electron chi connectivity index (χ4n) is 12.6. The highest BCUT2D eigenvalue weighted by atomic mass is 16.6. The Bertz CT molecular complexity index is 4560. The Kier molecular flexibility index (Phi) is 25.7. The third kappa shape index (κ3) is 16.1. The van der Waals surface area contributed by atoms with Gasteiger partial charge in [0.1, 0.15) is 59.0 Å². The molecule has 50 nitrogen and oxygen atoms in total. The first-order valence-corrected chi connectivity index (χ1v) is 31.8. The van der Waals surface area contributed by atoms with Crippen LogP contribution < -0.4 is 54.3 Å². The van der Waals surface area contributed by atoms with Crippen LogP contribution in [0.25, 0.3) is 52.2 Å². The fraction of sp³-hybridized carbons (Fsp3) is 0.625. The van der Waals surface area contributed by atoms with Gasteiger partial charge in [0, 0.05) is 98.7 Å². The van der Waals surface area contributed by atoms with Crippen molar-refractivity contribution in [1.82, 2.24) is 47.8 Å². The van der Waals surface area contributed by atoms with Crippen LogP contribution >= 0.6 is 0 Å². The number of fused-ring (bicyclic) bond motifs is 6. The summed E-state index contributed by atoms with van der Waals surface area (Å²) in [4.78, 5) is 129. The Hall–Kier alpha value is -11.1. The maximum atomic E-state index is 12.1. The minimum atomic E-state index is -1.73. The highest BCUT2D eigenvalue weighted by Gasteiger charge is 2.61. The van der Waals surface area contributed by atoms with Crippen molar-refractivity contribution in [2.45, 2.75) is 168 Å². The first-order valence-electron chi connectivity index (χ1n) is 31.8. The van der Waals surface area contributed by atoms with Crippen molar-refractivity contribution in [1.29, 1.82) is 0 Å². The molecule has 5 fully saturated rings. The van der Waals surface area contributed by atoms with Crippen LogP contribution in [0.15, 0.2) is 125 Å². The van der Waals surface area contributed by atoms with E-state index in [9.17, 15) is 84.0 Å². The minimum Gasteiger partial charge on any atom is -0.457 e. The molecule has 11 N–H and O–H groups in total. The Balaban J connectivity index is 0.000000168. The number of aromatic amines is 3. The maximum absolute atomic E-state index is 12.1. The number of ether oxygens (including phenoxy) is 8. The number of nitrogens with one attached hydrogen (secondary N) is 3. The first-order chi connectivity index (χ1) is 50.5. The van der Waals surface area contributed by atoms with Gasteiger partial charge in [-0.2, -0.15) is 9.97 Å². The molecule has 0 aliphatic carbocycles. The predicted molar refractivity (Wildman–Crippen MR) is 350 cm³/mol. The number of azide groups is 5. The molecule has 7 aliphatic rings. The second-order valence-corrected chi connectivity index (χ2v) is 24.4. The lowest BCUT2D eigenvalue weighted by Gasteiger charge is -2.30.